The van der Waals surface area contributed by atoms with Crippen molar-refractivity contribution < 1.29 is 32.7 Å². The number of rotatable bonds is 7. The minimum atomic E-state index is -3.00. The van der Waals surface area contributed by atoms with Crippen LogP contribution in [0, 0.1) is 10.8 Å². The lowest BCUT2D eigenvalue weighted by Crippen LogP contribution is -2.30. The molecule has 0 saturated carbocycles. The zero-order chi connectivity index (χ0) is 16.8. The van der Waals surface area contributed by atoms with Crippen molar-refractivity contribution >= 4 is 25.8 Å². The van der Waals surface area contributed by atoms with Gasteiger partial charge in [0.2, 0.25) is 18.4 Å². The van der Waals surface area contributed by atoms with Crippen LogP contribution in [0.25, 0.3) is 0 Å². The van der Waals surface area contributed by atoms with E-state index in [9.17, 15) is 18.9 Å². The zero-order valence-electron chi connectivity index (χ0n) is 13.3. The summed E-state index contributed by atoms with van der Waals surface area (Å²) in [5.74, 6) is -1.91. The van der Waals surface area contributed by atoms with Crippen LogP contribution in [-0.4, -0.2) is 30.9 Å². The Morgan fingerprint density at radius 2 is 1.43 bits per heavy atom. The predicted molar refractivity (Wildman–Crippen MR) is 75.9 cm³/mol. The van der Waals surface area contributed by atoms with Crippen molar-refractivity contribution in [1.29, 1.82) is 0 Å². The van der Waals surface area contributed by atoms with Gasteiger partial charge >= 0.3 is 14.2 Å². The first-order valence-corrected chi connectivity index (χ1v) is 7.62. The number of carbonyl (C=O) groups is 3. The first-order chi connectivity index (χ1) is 9.35. The van der Waals surface area contributed by atoms with Gasteiger partial charge in [0, 0.05) is 5.41 Å². The van der Waals surface area contributed by atoms with E-state index in [0.717, 1.165) is 0 Å². The fraction of sp³-hybridized carbons (Fsp3) is 0.769. The first-order valence-electron chi connectivity index (χ1n) is 6.40. The van der Waals surface area contributed by atoms with Gasteiger partial charge in [-0.1, -0.05) is 20.8 Å². The van der Waals surface area contributed by atoms with Crippen molar-refractivity contribution in [2.24, 2.45) is 10.8 Å². The van der Waals surface area contributed by atoms with E-state index < -0.39 is 50.0 Å². The van der Waals surface area contributed by atoms with Crippen LogP contribution in [-0.2, 0) is 32.7 Å². The highest BCUT2D eigenvalue weighted by Gasteiger charge is 2.28. The second-order valence-corrected chi connectivity index (χ2v) is 7.56. The highest BCUT2D eigenvalue weighted by Crippen LogP contribution is 2.25. The molecule has 1 atom stereocenters. The van der Waals surface area contributed by atoms with Crippen molar-refractivity contribution in [1.82, 2.24) is 0 Å². The van der Waals surface area contributed by atoms with Crippen LogP contribution in [0.4, 0.5) is 0 Å². The summed E-state index contributed by atoms with van der Waals surface area (Å²) >= 11 is 0. The minimum absolute atomic E-state index is 0.517. The van der Waals surface area contributed by atoms with Crippen LogP contribution >= 0.6 is 8.25 Å². The van der Waals surface area contributed by atoms with Gasteiger partial charge < -0.3 is 9.26 Å². The molecule has 0 spiro atoms. The molecule has 122 valence electrons. The van der Waals surface area contributed by atoms with Gasteiger partial charge in [0.1, 0.15) is 6.61 Å². The fourth-order valence-electron chi connectivity index (χ4n) is 0.998. The number of esters is 1. The Balaban J connectivity index is 4.05. The molecule has 0 aromatic carbocycles. The van der Waals surface area contributed by atoms with E-state index in [1.807, 2.05) is 0 Å². The molecule has 0 amide bonds. The molecule has 0 fully saturated rings. The summed E-state index contributed by atoms with van der Waals surface area (Å²) in [4.78, 5) is 34.4. The smallest absolute Gasteiger partial charge is 0.322 e. The standard InChI is InChI=1S/C13H23O7P/c1-12(2,3)10(15)9(14)7-19-21(17)20-8-18-11(16)13(4,5)6/h21H,7-8H2,1-6H3. The van der Waals surface area contributed by atoms with Crippen molar-refractivity contribution in [3.63, 3.8) is 0 Å². The van der Waals surface area contributed by atoms with Gasteiger partial charge in [-0.25, -0.2) is 0 Å². The molecule has 0 radical (unpaired) electrons. The largest absolute Gasteiger partial charge is 0.438 e. The van der Waals surface area contributed by atoms with E-state index in [4.69, 9.17) is 4.74 Å². The second kappa shape index (κ2) is 7.82. The summed E-state index contributed by atoms with van der Waals surface area (Å²) < 4.78 is 25.3. The third-order valence-corrected chi connectivity index (χ3v) is 2.97. The Morgan fingerprint density at radius 1 is 0.905 bits per heavy atom. The predicted octanol–water partition coefficient (Wildman–Crippen LogP) is 2.14. The summed E-state index contributed by atoms with van der Waals surface area (Å²) in [5.41, 5.74) is -1.52. The van der Waals surface area contributed by atoms with Crippen molar-refractivity contribution in [3.05, 3.63) is 0 Å². The fourth-order valence-corrected chi connectivity index (χ4v) is 1.48. The van der Waals surface area contributed by atoms with E-state index in [-0.39, 0.29) is 0 Å². The number of hydrogen-bond donors (Lipinski definition) is 0. The summed E-state index contributed by atoms with van der Waals surface area (Å²) in [6, 6.07) is 0. The molecule has 0 N–H and O–H groups in total. The van der Waals surface area contributed by atoms with Gasteiger partial charge in [-0.05, 0) is 20.8 Å². The van der Waals surface area contributed by atoms with E-state index in [1.54, 1.807) is 41.5 Å². The van der Waals surface area contributed by atoms with Gasteiger partial charge in [0.15, 0.2) is 0 Å². The average Bonchev–Trinajstić information content (AvgIpc) is 2.32. The van der Waals surface area contributed by atoms with Gasteiger partial charge in [0.25, 0.3) is 0 Å². The number of ether oxygens (including phenoxy) is 1. The molecule has 7 nitrogen and oxygen atoms in total. The molecule has 8 heteroatoms. The Labute approximate surface area is 125 Å². The number of ketones is 2. The van der Waals surface area contributed by atoms with Crippen LogP contribution in [0.1, 0.15) is 41.5 Å². The molecule has 0 aliphatic heterocycles. The van der Waals surface area contributed by atoms with Crippen LogP contribution < -0.4 is 0 Å². The number of hydrogen-bond acceptors (Lipinski definition) is 7. The monoisotopic (exact) mass is 322 g/mol. The van der Waals surface area contributed by atoms with Crippen LogP contribution in [0.2, 0.25) is 0 Å². The van der Waals surface area contributed by atoms with Crippen molar-refractivity contribution in [3.8, 4) is 0 Å². The maximum atomic E-state index is 11.6. The molecule has 0 saturated heterocycles. The lowest BCUT2D eigenvalue weighted by atomic mass is 9.89. The SMILES string of the molecule is CC(C)(C)C(=O)OCO[PH](=O)OCC(=O)C(=O)C(C)(C)C. The molecule has 0 aromatic heterocycles. The third-order valence-electron chi connectivity index (χ3n) is 2.23. The van der Waals surface area contributed by atoms with Crippen LogP contribution in [0.15, 0.2) is 0 Å². The summed E-state index contributed by atoms with van der Waals surface area (Å²) in [6.45, 7) is 8.61. The quantitative estimate of drug-likeness (QED) is 0.306. The van der Waals surface area contributed by atoms with Gasteiger partial charge in [-0.15, -0.1) is 0 Å². The normalized spacial score (nSPS) is 13.6. The molecule has 0 bridgehead atoms. The summed E-state index contributed by atoms with van der Waals surface area (Å²) in [5, 5.41) is 0. The van der Waals surface area contributed by atoms with Crippen molar-refractivity contribution in [2.45, 2.75) is 41.5 Å². The van der Waals surface area contributed by atoms with Gasteiger partial charge in [-0.2, -0.15) is 0 Å². The van der Waals surface area contributed by atoms with Gasteiger partial charge in [-0.3, -0.25) is 23.5 Å². The van der Waals surface area contributed by atoms with Crippen molar-refractivity contribution in [2.75, 3.05) is 13.4 Å². The lowest BCUT2D eigenvalue weighted by molar-refractivity contribution is -0.159. The topological polar surface area (TPSA) is 96.0 Å². The summed E-state index contributed by atoms with van der Waals surface area (Å²) in [7, 11) is -3.00. The lowest BCUT2D eigenvalue weighted by Gasteiger charge is -2.16. The number of Topliss-reactive ketones (excluding diaryl/α,β-unsaturated/α-hetero) is 2. The molecule has 0 aliphatic rings. The molecule has 0 aliphatic carbocycles. The van der Waals surface area contributed by atoms with E-state index in [1.165, 1.54) is 0 Å². The highest BCUT2D eigenvalue weighted by molar-refractivity contribution is 7.33. The minimum Gasteiger partial charge on any atom is -0.438 e. The number of carbonyl (C=O) groups excluding carboxylic acids is 3. The van der Waals surface area contributed by atoms with E-state index in [0.29, 0.717) is 0 Å². The maximum absolute atomic E-state index is 11.6. The third kappa shape index (κ3) is 8.09. The Hall–Kier alpha value is -1.04. The second-order valence-electron chi connectivity index (χ2n) is 6.48. The molecule has 0 rings (SSSR count). The maximum Gasteiger partial charge on any atom is 0.322 e. The summed E-state index contributed by atoms with van der Waals surface area (Å²) in [6.07, 6.45) is 0. The molecule has 0 aromatic rings. The molecular formula is C13H23O7P. The van der Waals surface area contributed by atoms with Crippen LogP contribution in [0.5, 0.6) is 0 Å². The van der Waals surface area contributed by atoms with E-state index >= 15 is 0 Å². The highest BCUT2D eigenvalue weighted by atomic mass is 31.1. The Bertz CT molecular complexity index is 429. The molecular weight excluding hydrogens is 299 g/mol. The van der Waals surface area contributed by atoms with Gasteiger partial charge in [0.05, 0.1) is 5.41 Å². The first kappa shape index (κ1) is 20.0. The Kier molecular flexibility index (Phi) is 7.44. The molecule has 0 heterocycles. The average molecular weight is 322 g/mol. The molecule has 21 heavy (non-hydrogen) atoms. The zero-order valence-corrected chi connectivity index (χ0v) is 14.3. The molecule has 1 unspecified atom stereocenters. The Morgan fingerprint density at radius 3 is 1.86 bits per heavy atom. The van der Waals surface area contributed by atoms with E-state index in [2.05, 4.69) is 9.05 Å². The van der Waals surface area contributed by atoms with Crippen LogP contribution in [0.3, 0.4) is 0 Å².